The van der Waals surface area contributed by atoms with Crippen molar-refractivity contribution in [2.45, 2.75) is 25.4 Å². The maximum atomic E-state index is 13.3. The molecule has 0 aliphatic carbocycles. The van der Waals surface area contributed by atoms with Crippen molar-refractivity contribution in [2.24, 2.45) is 0 Å². The van der Waals surface area contributed by atoms with Gasteiger partial charge in [-0.1, -0.05) is 40.9 Å². The zero-order valence-corrected chi connectivity index (χ0v) is 17.2. The Kier molecular flexibility index (Phi) is 5.44. The lowest BCUT2D eigenvalue weighted by Gasteiger charge is -2.11. The van der Waals surface area contributed by atoms with Crippen LogP contribution >= 0.6 is 34.8 Å². The highest BCUT2D eigenvalue weighted by Gasteiger charge is 2.32. The molecule has 1 aromatic heterocycles. The van der Waals surface area contributed by atoms with Gasteiger partial charge < -0.3 is 5.32 Å². The second-order valence-corrected chi connectivity index (χ2v) is 7.93. The Hall–Kier alpha value is -1.89. The molecule has 0 unspecified atom stereocenters. The van der Waals surface area contributed by atoms with Gasteiger partial charge in [0.2, 0.25) is 0 Å². The third-order valence-corrected chi connectivity index (χ3v) is 5.98. The van der Waals surface area contributed by atoms with Gasteiger partial charge in [-0.3, -0.25) is 0 Å². The van der Waals surface area contributed by atoms with Crippen LogP contribution in [0.2, 0.25) is 15.1 Å². The van der Waals surface area contributed by atoms with Crippen LogP contribution < -0.4 is 5.32 Å². The van der Waals surface area contributed by atoms with Crippen molar-refractivity contribution >= 4 is 40.6 Å². The number of benzene rings is 2. The van der Waals surface area contributed by atoms with E-state index in [1.54, 1.807) is 22.9 Å². The molecule has 0 bridgehead atoms. The number of alkyl halides is 3. The quantitative estimate of drug-likeness (QED) is 0.436. The van der Waals surface area contributed by atoms with E-state index in [1.807, 2.05) is 0 Å². The van der Waals surface area contributed by atoms with Crippen LogP contribution in [0.5, 0.6) is 0 Å². The minimum Gasteiger partial charge on any atom is -0.370 e. The first-order valence-electron chi connectivity index (χ1n) is 8.94. The number of aromatic nitrogens is 2. The molecular weight excluding hydrogens is 446 g/mol. The Labute approximate surface area is 180 Å². The third-order valence-electron chi connectivity index (χ3n) is 4.84. The second kappa shape index (κ2) is 7.74. The molecule has 9 heteroatoms. The molecule has 0 saturated carbocycles. The Bertz CT molecular complexity index is 1080. The molecule has 2 aromatic carbocycles. The van der Waals surface area contributed by atoms with Crippen LogP contribution in [0.25, 0.3) is 16.9 Å². The van der Waals surface area contributed by atoms with Gasteiger partial charge in [-0.25, -0.2) is 4.68 Å². The zero-order chi connectivity index (χ0) is 20.8. The molecule has 1 aliphatic heterocycles. The molecule has 0 fully saturated rings. The molecule has 152 valence electrons. The highest BCUT2D eigenvalue weighted by molar-refractivity contribution is 6.43. The van der Waals surface area contributed by atoms with Gasteiger partial charge in [-0.2, -0.15) is 18.3 Å². The molecule has 0 saturated heterocycles. The summed E-state index contributed by atoms with van der Waals surface area (Å²) in [5, 5.41) is 8.82. The van der Waals surface area contributed by atoms with Crippen LogP contribution in [0.1, 0.15) is 24.0 Å². The Balaban J connectivity index is 1.97. The number of hydrogen-bond acceptors (Lipinski definition) is 2. The van der Waals surface area contributed by atoms with Crippen LogP contribution in [-0.2, 0) is 12.6 Å². The minimum absolute atomic E-state index is 0.201. The summed E-state index contributed by atoms with van der Waals surface area (Å²) >= 11 is 18.8. The molecule has 3 aromatic rings. The van der Waals surface area contributed by atoms with E-state index in [-0.39, 0.29) is 10.6 Å². The summed E-state index contributed by atoms with van der Waals surface area (Å²) in [5.74, 6) is 0.690. The van der Waals surface area contributed by atoms with Gasteiger partial charge in [-0.05, 0) is 49.6 Å². The number of nitrogens with zero attached hydrogens (tertiary/aromatic N) is 2. The number of halogens is 6. The van der Waals surface area contributed by atoms with Crippen molar-refractivity contribution in [2.75, 3.05) is 11.9 Å². The highest BCUT2D eigenvalue weighted by atomic mass is 35.5. The molecule has 4 rings (SSSR count). The molecule has 29 heavy (non-hydrogen) atoms. The summed E-state index contributed by atoms with van der Waals surface area (Å²) in [6.07, 6.45) is -2.03. The fraction of sp³-hybridized carbons (Fsp3) is 0.250. The van der Waals surface area contributed by atoms with E-state index in [1.165, 1.54) is 6.07 Å². The van der Waals surface area contributed by atoms with E-state index in [2.05, 4.69) is 10.4 Å². The lowest BCUT2D eigenvalue weighted by Crippen LogP contribution is -2.07. The first-order chi connectivity index (χ1) is 13.8. The standard InChI is InChI=1S/C20H15Cl3F3N3/c21-14-8-7-11(20(24,25)26)10-13(14)18-12-4-1-2-9-27-19(12)29(28-18)16-6-3-5-15(22)17(16)23/h3,5-8,10,27H,1-2,4,9H2. The van der Waals surface area contributed by atoms with Gasteiger partial charge >= 0.3 is 6.18 Å². The summed E-state index contributed by atoms with van der Waals surface area (Å²) in [6.45, 7) is 0.715. The normalized spacial score (nSPS) is 14.3. The predicted octanol–water partition coefficient (Wildman–Crippen LogP) is 7.27. The van der Waals surface area contributed by atoms with Crippen molar-refractivity contribution < 1.29 is 13.2 Å². The van der Waals surface area contributed by atoms with Gasteiger partial charge in [0.15, 0.2) is 0 Å². The van der Waals surface area contributed by atoms with Crippen LogP contribution in [0.15, 0.2) is 36.4 Å². The lowest BCUT2D eigenvalue weighted by molar-refractivity contribution is -0.137. The molecule has 0 atom stereocenters. The molecule has 3 nitrogen and oxygen atoms in total. The minimum atomic E-state index is -4.48. The third kappa shape index (κ3) is 3.81. The van der Waals surface area contributed by atoms with E-state index in [9.17, 15) is 13.2 Å². The van der Waals surface area contributed by atoms with E-state index < -0.39 is 11.7 Å². The largest absolute Gasteiger partial charge is 0.416 e. The van der Waals surface area contributed by atoms with Crippen molar-refractivity contribution in [1.82, 2.24) is 9.78 Å². The molecular formula is C20H15Cl3F3N3. The number of nitrogens with one attached hydrogen (secondary N) is 1. The second-order valence-electron chi connectivity index (χ2n) is 6.74. The first kappa shape index (κ1) is 20.4. The zero-order valence-electron chi connectivity index (χ0n) is 15.0. The number of rotatable bonds is 2. The maximum absolute atomic E-state index is 13.3. The van der Waals surface area contributed by atoms with Gasteiger partial charge in [0.05, 0.1) is 32.0 Å². The molecule has 0 radical (unpaired) electrons. The fourth-order valence-electron chi connectivity index (χ4n) is 3.43. The maximum Gasteiger partial charge on any atom is 0.416 e. The molecule has 2 heterocycles. The Morgan fingerprint density at radius 1 is 1.00 bits per heavy atom. The van der Waals surface area contributed by atoms with Crippen molar-refractivity contribution in [3.63, 3.8) is 0 Å². The predicted molar refractivity (Wildman–Crippen MR) is 110 cm³/mol. The van der Waals surface area contributed by atoms with Crippen LogP contribution in [0.4, 0.5) is 19.0 Å². The number of fused-ring (bicyclic) bond motifs is 1. The van der Waals surface area contributed by atoms with Crippen molar-refractivity contribution in [1.29, 1.82) is 0 Å². The van der Waals surface area contributed by atoms with Crippen molar-refractivity contribution in [3.8, 4) is 16.9 Å². The average Bonchev–Trinajstić information content (AvgIpc) is 2.85. The van der Waals surface area contributed by atoms with Crippen molar-refractivity contribution in [3.05, 3.63) is 62.6 Å². The molecule has 1 N–H and O–H groups in total. The first-order valence-corrected chi connectivity index (χ1v) is 10.1. The topological polar surface area (TPSA) is 29.9 Å². The Morgan fingerprint density at radius 2 is 1.79 bits per heavy atom. The molecule has 0 spiro atoms. The summed E-state index contributed by atoms with van der Waals surface area (Å²) in [6, 6.07) is 8.42. The average molecular weight is 461 g/mol. The molecule has 1 aliphatic rings. The molecule has 0 amide bonds. The van der Waals surface area contributed by atoms with E-state index in [0.717, 1.165) is 30.5 Å². The smallest absolute Gasteiger partial charge is 0.370 e. The SMILES string of the molecule is FC(F)(F)c1ccc(Cl)c(-c2nn(-c3cccc(Cl)c3Cl)c3c2CCCCN3)c1. The van der Waals surface area contributed by atoms with Gasteiger partial charge in [0.25, 0.3) is 0 Å². The highest BCUT2D eigenvalue weighted by Crippen LogP contribution is 2.41. The van der Waals surface area contributed by atoms with E-state index in [4.69, 9.17) is 34.8 Å². The lowest BCUT2D eigenvalue weighted by atomic mass is 10.0. The van der Waals surface area contributed by atoms with Gasteiger partial charge in [-0.15, -0.1) is 0 Å². The number of hydrogen-bond donors (Lipinski definition) is 1. The van der Waals surface area contributed by atoms with Gasteiger partial charge in [0, 0.05) is 17.7 Å². The van der Waals surface area contributed by atoms with Crippen LogP contribution in [-0.4, -0.2) is 16.3 Å². The summed E-state index contributed by atoms with van der Waals surface area (Å²) < 4.78 is 41.4. The fourth-order valence-corrected chi connectivity index (χ4v) is 4.01. The summed E-state index contributed by atoms with van der Waals surface area (Å²) in [4.78, 5) is 0. The van der Waals surface area contributed by atoms with Crippen LogP contribution in [0, 0.1) is 0 Å². The van der Waals surface area contributed by atoms with E-state index in [0.29, 0.717) is 40.2 Å². The summed E-state index contributed by atoms with van der Waals surface area (Å²) in [5.41, 5.74) is 1.21. The Morgan fingerprint density at radius 3 is 2.55 bits per heavy atom. The van der Waals surface area contributed by atoms with Gasteiger partial charge in [0.1, 0.15) is 5.82 Å². The number of anilines is 1. The monoisotopic (exact) mass is 459 g/mol. The van der Waals surface area contributed by atoms with Crippen LogP contribution in [0.3, 0.4) is 0 Å². The summed E-state index contributed by atoms with van der Waals surface area (Å²) in [7, 11) is 0. The van der Waals surface area contributed by atoms with E-state index >= 15 is 0 Å².